The summed E-state index contributed by atoms with van der Waals surface area (Å²) in [6.07, 6.45) is 0. The van der Waals surface area contributed by atoms with E-state index in [1.807, 2.05) is 6.92 Å². The van der Waals surface area contributed by atoms with Gasteiger partial charge in [0.1, 0.15) is 0 Å². The Bertz CT molecular complexity index is 592. The number of hydrogen-bond acceptors (Lipinski definition) is 3. The molecule has 2 aromatic rings. The number of aryl methyl sites for hydroxylation is 2. The molecule has 4 heteroatoms. The second-order valence-electron chi connectivity index (χ2n) is 4.60. The van der Waals surface area contributed by atoms with Gasteiger partial charge in [0.2, 0.25) is 0 Å². The van der Waals surface area contributed by atoms with Crippen molar-refractivity contribution in [1.82, 2.24) is 0 Å². The van der Waals surface area contributed by atoms with Crippen LogP contribution in [0.15, 0.2) is 42.5 Å². The van der Waals surface area contributed by atoms with Crippen molar-refractivity contribution in [2.75, 3.05) is 5.32 Å². The van der Waals surface area contributed by atoms with Crippen LogP contribution < -0.4 is 5.32 Å². The quantitative estimate of drug-likeness (QED) is 0.668. The highest BCUT2D eigenvalue weighted by Crippen LogP contribution is 2.21. The van der Waals surface area contributed by atoms with E-state index in [1.165, 1.54) is 17.2 Å². The molecule has 0 radical (unpaired) electrons. The van der Waals surface area contributed by atoms with Crippen molar-refractivity contribution < 1.29 is 4.92 Å². The second kappa shape index (κ2) is 5.52. The van der Waals surface area contributed by atoms with Crippen molar-refractivity contribution >= 4 is 11.4 Å². The number of rotatable bonds is 4. The Morgan fingerprint density at radius 3 is 2.37 bits per heavy atom. The van der Waals surface area contributed by atoms with Gasteiger partial charge in [-0.15, -0.1) is 0 Å². The Labute approximate surface area is 112 Å². The minimum atomic E-state index is -0.378. The van der Waals surface area contributed by atoms with Gasteiger partial charge in [0.15, 0.2) is 0 Å². The number of benzene rings is 2. The number of nitrogens with zero attached hydrogens (tertiary/aromatic N) is 1. The molecule has 0 saturated carbocycles. The largest absolute Gasteiger partial charge is 0.381 e. The van der Waals surface area contributed by atoms with Crippen LogP contribution in [-0.4, -0.2) is 4.92 Å². The fourth-order valence-electron chi connectivity index (χ4n) is 1.86. The van der Waals surface area contributed by atoms with Gasteiger partial charge in [0, 0.05) is 24.4 Å². The number of nitro benzene ring substituents is 1. The Hall–Kier alpha value is -2.36. The lowest BCUT2D eigenvalue weighted by atomic mass is 10.1. The molecule has 0 heterocycles. The van der Waals surface area contributed by atoms with Crippen molar-refractivity contribution in [2.45, 2.75) is 20.4 Å². The van der Waals surface area contributed by atoms with Gasteiger partial charge >= 0.3 is 0 Å². The van der Waals surface area contributed by atoms with Crippen LogP contribution in [0.5, 0.6) is 0 Å². The first-order chi connectivity index (χ1) is 9.06. The molecule has 0 bridgehead atoms. The third-order valence-electron chi connectivity index (χ3n) is 3.02. The molecule has 0 saturated heterocycles. The zero-order valence-electron chi connectivity index (χ0n) is 11.0. The van der Waals surface area contributed by atoms with E-state index in [0.29, 0.717) is 6.54 Å². The van der Waals surface area contributed by atoms with E-state index in [2.05, 4.69) is 36.5 Å². The number of nitrogens with one attached hydrogen (secondary N) is 1. The molecule has 98 valence electrons. The lowest BCUT2D eigenvalue weighted by Gasteiger charge is -2.09. The van der Waals surface area contributed by atoms with E-state index in [1.54, 1.807) is 12.1 Å². The number of non-ortho nitro benzene ring substituents is 1. The SMILES string of the molecule is Cc1ccc(CNc2ccc([N+](=O)[O-])cc2C)cc1. The molecule has 0 aromatic heterocycles. The Morgan fingerprint density at radius 2 is 1.79 bits per heavy atom. The van der Waals surface area contributed by atoms with Crippen LogP contribution in [0.25, 0.3) is 0 Å². The maximum atomic E-state index is 10.7. The Kier molecular flexibility index (Phi) is 3.80. The molecule has 0 aliphatic rings. The predicted octanol–water partition coefficient (Wildman–Crippen LogP) is 3.82. The van der Waals surface area contributed by atoms with E-state index in [9.17, 15) is 10.1 Å². The molecule has 0 amide bonds. The lowest BCUT2D eigenvalue weighted by Crippen LogP contribution is -2.01. The van der Waals surface area contributed by atoms with Gasteiger partial charge in [-0.2, -0.15) is 0 Å². The summed E-state index contributed by atoms with van der Waals surface area (Å²) in [7, 11) is 0. The maximum absolute atomic E-state index is 10.7. The summed E-state index contributed by atoms with van der Waals surface area (Å²) in [4.78, 5) is 10.3. The molecular weight excluding hydrogens is 240 g/mol. The van der Waals surface area contributed by atoms with Crippen LogP contribution in [0.3, 0.4) is 0 Å². The summed E-state index contributed by atoms with van der Waals surface area (Å²) in [6.45, 7) is 4.63. The van der Waals surface area contributed by atoms with E-state index >= 15 is 0 Å². The minimum Gasteiger partial charge on any atom is -0.381 e. The van der Waals surface area contributed by atoms with Crippen LogP contribution >= 0.6 is 0 Å². The van der Waals surface area contributed by atoms with Gasteiger partial charge in [0.25, 0.3) is 5.69 Å². The smallest absolute Gasteiger partial charge is 0.269 e. The summed E-state index contributed by atoms with van der Waals surface area (Å²) >= 11 is 0. The third-order valence-corrected chi connectivity index (χ3v) is 3.02. The van der Waals surface area contributed by atoms with Gasteiger partial charge in [-0.25, -0.2) is 0 Å². The molecular formula is C15H16N2O2. The zero-order valence-corrected chi connectivity index (χ0v) is 11.0. The summed E-state index contributed by atoms with van der Waals surface area (Å²) in [5, 5.41) is 14.0. The number of nitro groups is 1. The number of hydrogen-bond donors (Lipinski definition) is 1. The molecule has 0 unspecified atom stereocenters. The summed E-state index contributed by atoms with van der Waals surface area (Å²) in [5.74, 6) is 0. The molecule has 19 heavy (non-hydrogen) atoms. The Morgan fingerprint density at radius 1 is 1.11 bits per heavy atom. The Balaban J connectivity index is 2.07. The van der Waals surface area contributed by atoms with Crippen molar-refractivity contribution in [1.29, 1.82) is 0 Å². The second-order valence-corrected chi connectivity index (χ2v) is 4.60. The predicted molar refractivity (Wildman–Crippen MR) is 76.3 cm³/mol. The first kappa shape index (κ1) is 13.1. The van der Waals surface area contributed by atoms with Crippen LogP contribution in [0.2, 0.25) is 0 Å². The van der Waals surface area contributed by atoms with Crippen molar-refractivity contribution in [2.24, 2.45) is 0 Å². The third kappa shape index (κ3) is 3.31. The molecule has 0 fully saturated rings. The summed E-state index contributed by atoms with van der Waals surface area (Å²) in [5.41, 5.74) is 4.34. The standard InChI is InChI=1S/C15H16N2O2/c1-11-3-5-13(6-4-11)10-16-15-8-7-14(17(18)19)9-12(15)2/h3-9,16H,10H2,1-2H3. The first-order valence-corrected chi connectivity index (χ1v) is 6.11. The molecule has 2 aromatic carbocycles. The van der Waals surface area contributed by atoms with Gasteiger partial charge in [-0.3, -0.25) is 10.1 Å². The zero-order chi connectivity index (χ0) is 13.8. The van der Waals surface area contributed by atoms with Crippen LogP contribution in [-0.2, 0) is 6.54 Å². The average molecular weight is 256 g/mol. The fourth-order valence-corrected chi connectivity index (χ4v) is 1.86. The van der Waals surface area contributed by atoms with Gasteiger partial charge in [-0.05, 0) is 31.0 Å². The minimum absolute atomic E-state index is 0.124. The molecule has 2 rings (SSSR count). The molecule has 0 spiro atoms. The van der Waals surface area contributed by atoms with E-state index in [-0.39, 0.29) is 10.6 Å². The van der Waals surface area contributed by atoms with Gasteiger partial charge in [0.05, 0.1) is 4.92 Å². The topological polar surface area (TPSA) is 55.2 Å². The van der Waals surface area contributed by atoms with Crippen LogP contribution in [0, 0.1) is 24.0 Å². The normalized spacial score (nSPS) is 10.2. The average Bonchev–Trinajstić information content (AvgIpc) is 2.39. The monoisotopic (exact) mass is 256 g/mol. The van der Waals surface area contributed by atoms with E-state index in [0.717, 1.165) is 11.3 Å². The molecule has 4 nitrogen and oxygen atoms in total. The van der Waals surface area contributed by atoms with E-state index in [4.69, 9.17) is 0 Å². The molecule has 0 aliphatic carbocycles. The summed E-state index contributed by atoms with van der Waals surface area (Å²) < 4.78 is 0. The molecule has 0 aliphatic heterocycles. The lowest BCUT2D eigenvalue weighted by molar-refractivity contribution is -0.384. The summed E-state index contributed by atoms with van der Waals surface area (Å²) in [6, 6.07) is 13.1. The van der Waals surface area contributed by atoms with Crippen molar-refractivity contribution in [3.8, 4) is 0 Å². The van der Waals surface area contributed by atoms with Crippen LogP contribution in [0.1, 0.15) is 16.7 Å². The van der Waals surface area contributed by atoms with E-state index < -0.39 is 0 Å². The molecule has 1 N–H and O–H groups in total. The highest BCUT2D eigenvalue weighted by Gasteiger charge is 2.07. The number of anilines is 1. The maximum Gasteiger partial charge on any atom is 0.269 e. The highest BCUT2D eigenvalue weighted by molar-refractivity contribution is 5.55. The van der Waals surface area contributed by atoms with Gasteiger partial charge < -0.3 is 5.32 Å². The first-order valence-electron chi connectivity index (χ1n) is 6.11. The highest BCUT2D eigenvalue weighted by atomic mass is 16.6. The fraction of sp³-hybridized carbons (Fsp3) is 0.200. The van der Waals surface area contributed by atoms with Gasteiger partial charge in [-0.1, -0.05) is 29.8 Å². The van der Waals surface area contributed by atoms with Crippen LogP contribution in [0.4, 0.5) is 11.4 Å². The van der Waals surface area contributed by atoms with Crippen molar-refractivity contribution in [3.05, 3.63) is 69.3 Å². The van der Waals surface area contributed by atoms with Crippen molar-refractivity contribution in [3.63, 3.8) is 0 Å². The molecule has 0 atom stereocenters.